The third kappa shape index (κ3) is 6.31. The topological polar surface area (TPSA) is 141 Å². The van der Waals surface area contributed by atoms with Crippen LogP contribution >= 0.6 is 0 Å². The molecule has 0 aromatic carbocycles. The number of carbonyl (C=O) groups excluding carboxylic acids is 5. The van der Waals surface area contributed by atoms with E-state index >= 15 is 0 Å². The van der Waals surface area contributed by atoms with Crippen LogP contribution in [-0.4, -0.2) is 67.7 Å². The molecular weight excluding hydrogens is 356 g/mol. The molecule has 1 fully saturated rings. The Morgan fingerprint density at radius 3 is 1.69 bits per heavy atom. The molecule has 0 aliphatic carbocycles. The van der Waals surface area contributed by atoms with Crippen LogP contribution in [0.5, 0.6) is 0 Å². The minimum Gasteiger partial charge on any atom is -0.465 e. The van der Waals surface area contributed by atoms with Crippen molar-refractivity contribution in [3.8, 4) is 0 Å². The summed E-state index contributed by atoms with van der Waals surface area (Å²) in [6, 6.07) is 0. The molecule has 0 aromatic heterocycles. The van der Waals surface area contributed by atoms with E-state index in [-0.39, 0.29) is 6.47 Å². The summed E-state index contributed by atoms with van der Waals surface area (Å²) in [6.07, 6.45) is -6.68. The average Bonchev–Trinajstić information content (AvgIpc) is 2.49. The number of carbonyl (C=O) groups is 5. The lowest BCUT2D eigenvalue weighted by Gasteiger charge is -2.43. The third-order valence-electron chi connectivity index (χ3n) is 3.11. The first-order chi connectivity index (χ1) is 12.1. The van der Waals surface area contributed by atoms with Gasteiger partial charge in [-0.1, -0.05) is 0 Å². The minimum atomic E-state index is -1.48. The standard InChI is InChI=1S/C15H20O11/c1-7(17)22-12-11(5-21-6-16)26-15(25-10(4)20)14(24-9(3)19)13(12)23-8(2)18/h6,11-15H,5H2,1-4H3. The molecule has 0 N–H and O–H groups in total. The average molecular weight is 376 g/mol. The van der Waals surface area contributed by atoms with Crippen molar-refractivity contribution in [2.24, 2.45) is 0 Å². The first kappa shape index (κ1) is 21.4. The molecule has 1 aliphatic rings. The lowest BCUT2D eigenvalue weighted by Crippen LogP contribution is -2.63. The van der Waals surface area contributed by atoms with Gasteiger partial charge in [-0.3, -0.25) is 24.0 Å². The van der Waals surface area contributed by atoms with Gasteiger partial charge in [0.15, 0.2) is 12.2 Å². The zero-order valence-corrected chi connectivity index (χ0v) is 14.7. The van der Waals surface area contributed by atoms with E-state index in [1.165, 1.54) is 0 Å². The number of esters is 4. The predicted molar refractivity (Wildman–Crippen MR) is 79.1 cm³/mol. The molecule has 0 saturated carbocycles. The molecular formula is C15H20O11. The van der Waals surface area contributed by atoms with Crippen LogP contribution in [0, 0.1) is 0 Å². The fourth-order valence-electron chi connectivity index (χ4n) is 2.38. The molecule has 26 heavy (non-hydrogen) atoms. The van der Waals surface area contributed by atoms with Crippen molar-refractivity contribution in [3.63, 3.8) is 0 Å². The molecule has 5 unspecified atom stereocenters. The van der Waals surface area contributed by atoms with Crippen molar-refractivity contribution in [1.82, 2.24) is 0 Å². The van der Waals surface area contributed by atoms with E-state index in [9.17, 15) is 24.0 Å². The second-order valence-electron chi connectivity index (χ2n) is 5.30. The predicted octanol–water partition coefficient (Wildman–Crippen LogP) is -0.757. The zero-order valence-electron chi connectivity index (χ0n) is 14.7. The second kappa shape index (κ2) is 9.70. The Morgan fingerprint density at radius 1 is 0.769 bits per heavy atom. The quantitative estimate of drug-likeness (QED) is 0.314. The third-order valence-corrected chi connectivity index (χ3v) is 3.11. The monoisotopic (exact) mass is 376 g/mol. The van der Waals surface area contributed by atoms with Crippen LogP contribution in [0.15, 0.2) is 0 Å². The van der Waals surface area contributed by atoms with E-state index in [0.29, 0.717) is 0 Å². The maximum Gasteiger partial charge on any atom is 0.305 e. The van der Waals surface area contributed by atoms with Crippen molar-refractivity contribution >= 4 is 30.3 Å². The fraction of sp³-hybridized carbons (Fsp3) is 0.667. The van der Waals surface area contributed by atoms with E-state index in [0.717, 1.165) is 27.7 Å². The molecule has 11 heteroatoms. The Labute approximate surface area is 148 Å². The minimum absolute atomic E-state index is 0.133. The number of ether oxygens (including phenoxy) is 6. The molecule has 0 spiro atoms. The smallest absolute Gasteiger partial charge is 0.305 e. The lowest BCUT2D eigenvalue weighted by atomic mass is 9.98. The van der Waals surface area contributed by atoms with Gasteiger partial charge in [-0.2, -0.15) is 0 Å². The van der Waals surface area contributed by atoms with Crippen LogP contribution in [0.25, 0.3) is 0 Å². The molecule has 1 rings (SSSR count). The SMILES string of the molecule is CC(=O)OC1OC(COC=O)C(OC(C)=O)C(OC(C)=O)C1OC(C)=O. The van der Waals surface area contributed by atoms with Crippen molar-refractivity contribution in [1.29, 1.82) is 0 Å². The van der Waals surface area contributed by atoms with Gasteiger partial charge < -0.3 is 28.4 Å². The normalized spacial score (nSPS) is 27.6. The van der Waals surface area contributed by atoms with Gasteiger partial charge >= 0.3 is 23.9 Å². The highest BCUT2D eigenvalue weighted by Crippen LogP contribution is 2.29. The van der Waals surface area contributed by atoms with Gasteiger partial charge in [-0.15, -0.1) is 0 Å². The van der Waals surface area contributed by atoms with Crippen molar-refractivity contribution < 1.29 is 52.4 Å². The van der Waals surface area contributed by atoms with Crippen LogP contribution < -0.4 is 0 Å². The maximum absolute atomic E-state index is 11.5. The van der Waals surface area contributed by atoms with Crippen LogP contribution in [-0.2, 0) is 52.4 Å². The van der Waals surface area contributed by atoms with Gasteiger partial charge in [-0.05, 0) is 0 Å². The van der Waals surface area contributed by atoms with Crippen LogP contribution in [0.4, 0.5) is 0 Å². The Balaban J connectivity index is 3.27. The van der Waals surface area contributed by atoms with Gasteiger partial charge in [0.25, 0.3) is 6.47 Å². The number of hydrogen-bond donors (Lipinski definition) is 0. The molecule has 0 amide bonds. The molecule has 1 aliphatic heterocycles. The Bertz CT molecular complexity index is 558. The highest BCUT2D eigenvalue weighted by molar-refractivity contribution is 5.69. The summed E-state index contributed by atoms with van der Waals surface area (Å²) in [5.41, 5.74) is 0. The molecule has 5 atom stereocenters. The fourth-order valence-corrected chi connectivity index (χ4v) is 2.38. The van der Waals surface area contributed by atoms with E-state index < -0.39 is 61.2 Å². The first-order valence-electron chi connectivity index (χ1n) is 7.55. The summed E-state index contributed by atoms with van der Waals surface area (Å²) in [7, 11) is 0. The van der Waals surface area contributed by atoms with Gasteiger partial charge in [0.1, 0.15) is 12.7 Å². The van der Waals surface area contributed by atoms with Gasteiger partial charge in [0, 0.05) is 27.7 Å². The van der Waals surface area contributed by atoms with E-state index in [1.54, 1.807) is 0 Å². The summed E-state index contributed by atoms with van der Waals surface area (Å²) < 4.78 is 30.4. The van der Waals surface area contributed by atoms with Crippen LogP contribution in [0.2, 0.25) is 0 Å². The molecule has 0 aromatic rings. The summed E-state index contributed by atoms with van der Waals surface area (Å²) in [5, 5.41) is 0. The highest BCUT2D eigenvalue weighted by atomic mass is 16.7. The number of hydrogen-bond acceptors (Lipinski definition) is 11. The Kier molecular flexibility index (Phi) is 7.97. The van der Waals surface area contributed by atoms with Crippen molar-refractivity contribution in [2.75, 3.05) is 6.61 Å². The van der Waals surface area contributed by atoms with E-state index in [2.05, 4.69) is 4.74 Å². The Hall–Kier alpha value is -2.69. The maximum atomic E-state index is 11.5. The van der Waals surface area contributed by atoms with Crippen LogP contribution in [0.3, 0.4) is 0 Å². The van der Waals surface area contributed by atoms with Crippen molar-refractivity contribution in [3.05, 3.63) is 0 Å². The van der Waals surface area contributed by atoms with Crippen LogP contribution in [0.1, 0.15) is 27.7 Å². The first-order valence-corrected chi connectivity index (χ1v) is 7.55. The summed E-state index contributed by atoms with van der Waals surface area (Å²) in [4.78, 5) is 56.1. The van der Waals surface area contributed by atoms with Gasteiger partial charge in [-0.25, -0.2) is 0 Å². The second-order valence-corrected chi connectivity index (χ2v) is 5.30. The molecule has 146 valence electrons. The lowest BCUT2D eigenvalue weighted by molar-refractivity contribution is -0.299. The zero-order chi connectivity index (χ0) is 19.9. The Morgan fingerprint density at radius 2 is 1.23 bits per heavy atom. The van der Waals surface area contributed by atoms with Gasteiger partial charge in [0.2, 0.25) is 12.4 Å². The molecule has 1 heterocycles. The highest BCUT2D eigenvalue weighted by Gasteiger charge is 2.53. The van der Waals surface area contributed by atoms with Gasteiger partial charge in [0.05, 0.1) is 0 Å². The van der Waals surface area contributed by atoms with Crippen molar-refractivity contribution in [2.45, 2.75) is 58.4 Å². The summed E-state index contributed by atoms with van der Waals surface area (Å²) in [6.45, 7) is 4.09. The molecule has 11 nitrogen and oxygen atoms in total. The number of rotatable bonds is 7. The molecule has 1 saturated heterocycles. The largest absolute Gasteiger partial charge is 0.465 e. The summed E-state index contributed by atoms with van der Waals surface area (Å²) >= 11 is 0. The molecule has 0 bridgehead atoms. The van der Waals surface area contributed by atoms with E-state index in [1.807, 2.05) is 0 Å². The van der Waals surface area contributed by atoms with E-state index in [4.69, 9.17) is 23.7 Å². The summed E-state index contributed by atoms with van der Waals surface area (Å²) in [5.74, 6) is -3.08. The molecule has 0 radical (unpaired) electrons.